The van der Waals surface area contributed by atoms with Crippen molar-refractivity contribution in [2.75, 3.05) is 5.75 Å². The normalized spacial score (nSPS) is 16.0. The third kappa shape index (κ3) is 4.07. The van der Waals surface area contributed by atoms with E-state index in [1.54, 1.807) is 11.3 Å². The number of hydrogen-bond donors (Lipinski definition) is 1. The first-order chi connectivity index (χ1) is 10.3. The third-order valence-corrected chi connectivity index (χ3v) is 5.11. The van der Waals surface area contributed by atoms with E-state index in [4.69, 9.17) is 4.42 Å². The van der Waals surface area contributed by atoms with Crippen LogP contribution in [0.1, 0.15) is 32.1 Å². The summed E-state index contributed by atoms with van der Waals surface area (Å²) in [4.78, 5) is 12.8. The molecule has 1 aliphatic rings. The predicted octanol–water partition coefficient (Wildman–Crippen LogP) is 3.34. The molecule has 21 heavy (non-hydrogen) atoms. The van der Waals surface area contributed by atoms with Crippen LogP contribution in [0.25, 0.3) is 10.8 Å². The highest BCUT2D eigenvalue weighted by molar-refractivity contribution is 7.99. The van der Waals surface area contributed by atoms with E-state index in [0.717, 1.165) is 17.7 Å². The number of carbonyl (C=O) groups is 1. The number of hydrogen-bond acceptors (Lipinski definition) is 6. The zero-order valence-electron chi connectivity index (χ0n) is 11.6. The lowest BCUT2D eigenvalue weighted by molar-refractivity contribution is -0.119. The Hall–Kier alpha value is -1.34. The van der Waals surface area contributed by atoms with Crippen LogP contribution in [0, 0.1) is 0 Å². The van der Waals surface area contributed by atoms with Crippen LogP contribution in [0.2, 0.25) is 0 Å². The molecule has 0 aromatic carbocycles. The van der Waals surface area contributed by atoms with Gasteiger partial charge in [0.1, 0.15) is 0 Å². The van der Waals surface area contributed by atoms with Crippen LogP contribution in [-0.2, 0) is 4.79 Å². The first kappa shape index (κ1) is 14.6. The Morgan fingerprint density at radius 1 is 1.38 bits per heavy atom. The number of nitrogens with one attached hydrogen (secondary N) is 1. The Bertz CT molecular complexity index is 577. The lowest BCUT2D eigenvalue weighted by atomic mass is 9.95. The lowest BCUT2D eigenvalue weighted by Gasteiger charge is -2.22. The average molecular weight is 323 g/mol. The van der Waals surface area contributed by atoms with Crippen molar-refractivity contribution in [1.82, 2.24) is 15.5 Å². The van der Waals surface area contributed by atoms with Crippen molar-refractivity contribution in [2.24, 2.45) is 0 Å². The van der Waals surface area contributed by atoms with Gasteiger partial charge in [-0.2, -0.15) is 0 Å². The quantitative estimate of drug-likeness (QED) is 0.855. The fourth-order valence-electron chi connectivity index (χ4n) is 2.41. The molecule has 1 aliphatic carbocycles. The predicted molar refractivity (Wildman–Crippen MR) is 83.4 cm³/mol. The highest BCUT2D eigenvalue weighted by Crippen LogP contribution is 2.26. The maximum absolute atomic E-state index is 11.9. The molecule has 2 aromatic heterocycles. The highest BCUT2D eigenvalue weighted by Gasteiger charge is 2.17. The smallest absolute Gasteiger partial charge is 0.277 e. The van der Waals surface area contributed by atoms with Crippen LogP contribution < -0.4 is 5.32 Å². The van der Waals surface area contributed by atoms with Gasteiger partial charge < -0.3 is 9.73 Å². The topological polar surface area (TPSA) is 68.0 Å². The molecule has 0 unspecified atom stereocenters. The van der Waals surface area contributed by atoms with Gasteiger partial charge in [0.25, 0.3) is 11.1 Å². The van der Waals surface area contributed by atoms with Gasteiger partial charge in [-0.3, -0.25) is 4.79 Å². The zero-order chi connectivity index (χ0) is 14.5. The van der Waals surface area contributed by atoms with E-state index < -0.39 is 0 Å². The Morgan fingerprint density at radius 3 is 3.00 bits per heavy atom. The summed E-state index contributed by atoms with van der Waals surface area (Å²) in [6.45, 7) is 0. The van der Waals surface area contributed by atoms with Crippen LogP contribution in [0.5, 0.6) is 0 Å². The summed E-state index contributed by atoms with van der Waals surface area (Å²) < 4.78 is 5.54. The SMILES string of the molecule is O=C(CSc1nnc(-c2cccs2)o1)NC1CCCCC1. The Labute approximate surface area is 131 Å². The van der Waals surface area contributed by atoms with E-state index in [9.17, 15) is 4.79 Å². The molecule has 1 N–H and O–H groups in total. The molecule has 0 radical (unpaired) electrons. The average Bonchev–Trinajstić information content (AvgIpc) is 3.17. The summed E-state index contributed by atoms with van der Waals surface area (Å²) in [7, 11) is 0. The minimum atomic E-state index is 0.0442. The number of thiophene rings is 1. The molecule has 0 saturated heterocycles. The molecule has 0 bridgehead atoms. The van der Waals surface area contributed by atoms with Crippen molar-refractivity contribution in [3.05, 3.63) is 17.5 Å². The molecular weight excluding hydrogens is 306 g/mol. The van der Waals surface area contributed by atoms with Gasteiger partial charge >= 0.3 is 0 Å². The van der Waals surface area contributed by atoms with E-state index in [2.05, 4.69) is 15.5 Å². The number of thioether (sulfide) groups is 1. The Balaban J connectivity index is 1.47. The minimum absolute atomic E-state index is 0.0442. The zero-order valence-corrected chi connectivity index (χ0v) is 13.2. The minimum Gasteiger partial charge on any atom is -0.410 e. The largest absolute Gasteiger partial charge is 0.410 e. The number of nitrogens with zero attached hydrogens (tertiary/aromatic N) is 2. The fraction of sp³-hybridized carbons (Fsp3) is 0.500. The van der Waals surface area contributed by atoms with Crippen LogP contribution >= 0.6 is 23.1 Å². The molecule has 2 aromatic rings. The molecule has 112 valence electrons. The van der Waals surface area contributed by atoms with Crippen LogP contribution in [-0.4, -0.2) is 27.9 Å². The molecule has 1 fully saturated rings. The van der Waals surface area contributed by atoms with Gasteiger partial charge in [-0.25, -0.2) is 0 Å². The van der Waals surface area contributed by atoms with Crippen LogP contribution in [0.15, 0.2) is 27.2 Å². The summed E-state index contributed by atoms with van der Waals surface area (Å²) in [6.07, 6.45) is 5.91. The second kappa shape index (κ2) is 7.09. The number of carbonyl (C=O) groups excluding carboxylic acids is 1. The van der Waals surface area contributed by atoms with E-state index in [0.29, 0.717) is 22.9 Å². The van der Waals surface area contributed by atoms with Gasteiger partial charge in [0.05, 0.1) is 10.6 Å². The van der Waals surface area contributed by atoms with Crippen molar-refractivity contribution in [3.8, 4) is 10.8 Å². The number of aromatic nitrogens is 2. The summed E-state index contributed by atoms with van der Waals surface area (Å²) >= 11 is 2.84. The maximum atomic E-state index is 11.9. The summed E-state index contributed by atoms with van der Waals surface area (Å²) in [5.41, 5.74) is 0. The molecule has 0 aliphatic heterocycles. The molecule has 7 heteroatoms. The molecule has 1 saturated carbocycles. The van der Waals surface area contributed by atoms with E-state index >= 15 is 0 Å². The van der Waals surface area contributed by atoms with Crippen molar-refractivity contribution in [2.45, 2.75) is 43.4 Å². The maximum Gasteiger partial charge on any atom is 0.277 e. The molecule has 2 heterocycles. The molecule has 3 rings (SSSR count). The second-order valence-corrected chi connectivity index (χ2v) is 6.92. The van der Waals surface area contributed by atoms with E-state index in [-0.39, 0.29) is 5.91 Å². The lowest BCUT2D eigenvalue weighted by Crippen LogP contribution is -2.37. The molecular formula is C14H17N3O2S2. The first-order valence-corrected chi connectivity index (χ1v) is 8.97. The standard InChI is InChI=1S/C14H17N3O2S2/c18-12(15-10-5-2-1-3-6-10)9-21-14-17-16-13(19-14)11-7-4-8-20-11/h4,7-8,10H,1-3,5-6,9H2,(H,15,18). The Kier molecular flexibility index (Phi) is 4.92. The van der Waals surface area contributed by atoms with Crippen LogP contribution in [0.3, 0.4) is 0 Å². The van der Waals surface area contributed by atoms with Crippen molar-refractivity contribution < 1.29 is 9.21 Å². The van der Waals surface area contributed by atoms with E-state index in [1.165, 1.54) is 31.0 Å². The monoisotopic (exact) mass is 323 g/mol. The first-order valence-electron chi connectivity index (χ1n) is 7.11. The molecule has 5 nitrogen and oxygen atoms in total. The van der Waals surface area contributed by atoms with Crippen molar-refractivity contribution in [3.63, 3.8) is 0 Å². The summed E-state index contributed by atoms with van der Waals surface area (Å²) in [5.74, 6) is 0.880. The van der Waals surface area contributed by atoms with Crippen LogP contribution in [0.4, 0.5) is 0 Å². The van der Waals surface area contributed by atoms with Crippen molar-refractivity contribution in [1.29, 1.82) is 0 Å². The summed E-state index contributed by atoms with van der Waals surface area (Å²) in [5, 5.41) is 13.4. The highest BCUT2D eigenvalue weighted by atomic mass is 32.2. The number of amides is 1. The second-order valence-electron chi connectivity index (χ2n) is 5.04. The number of rotatable bonds is 5. The van der Waals surface area contributed by atoms with E-state index in [1.807, 2.05) is 17.5 Å². The fourth-order valence-corrected chi connectivity index (χ4v) is 3.63. The van der Waals surface area contributed by atoms with Gasteiger partial charge in [0.15, 0.2) is 0 Å². The Morgan fingerprint density at radius 2 is 2.24 bits per heavy atom. The molecule has 1 amide bonds. The molecule has 0 atom stereocenters. The third-order valence-electron chi connectivity index (χ3n) is 3.44. The summed E-state index contributed by atoms with van der Waals surface area (Å²) in [6, 6.07) is 4.22. The molecule has 0 spiro atoms. The van der Waals surface area contributed by atoms with Gasteiger partial charge in [-0.15, -0.1) is 21.5 Å². The van der Waals surface area contributed by atoms with Crippen molar-refractivity contribution >= 4 is 29.0 Å². The van der Waals surface area contributed by atoms with Gasteiger partial charge in [0, 0.05) is 6.04 Å². The van der Waals surface area contributed by atoms with Gasteiger partial charge in [0.2, 0.25) is 5.91 Å². The van der Waals surface area contributed by atoms with Gasteiger partial charge in [-0.1, -0.05) is 37.1 Å². The van der Waals surface area contributed by atoms with Gasteiger partial charge in [-0.05, 0) is 24.3 Å².